The Bertz CT molecular complexity index is 1230. The lowest BCUT2D eigenvalue weighted by Crippen LogP contribution is -2.16. The van der Waals surface area contributed by atoms with Gasteiger partial charge in [-0.1, -0.05) is 12.1 Å². The molecule has 1 aromatic heterocycles. The number of benzene rings is 3. The average molecular weight is 559 g/mol. The van der Waals surface area contributed by atoms with Crippen LogP contribution in [0.2, 0.25) is 0 Å². The predicted octanol–water partition coefficient (Wildman–Crippen LogP) is 8.78. The molecule has 0 bridgehead atoms. The van der Waals surface area contributed by atoms with Crippen LogP contribution in [0.25, 0.3) is 33.6 Å². The van der Waals surface area contributed by atoms with Gasteiger partial charge in [-0.2, -0.15) is 0 Å². The van der Waals surface area contributed by atoms with Crippen LogP contribution in [0.4, 0.5) is 39.5 Å². The van der Waals surface area contributed by atoms with Crippen molar-refractivity contribution in [1.82, 2.24) is 4.98 Å². The maximum absolute atomic E-state index is 12.5. The number of ether oxygens (including phenoxy) is 3. The van der Waals surface area contributed by atoms with E-state index in [9.17, 15) is 39.5 Å². The van der Waals surface area contributed by atoms with E-state index in [0.717, 1.165) is 36.4 Å². The van der Waals surface area contributed by atoms with Gasteiger partial charge in [0, 0.05) is 11.1 Å². The third-order valence-corrected chi connectivity index (χ3v) is 5.01. The Morgan fingerprint density at radius 1 is 0.385 bits per heavy atom. The van der Waals surface area contributed by atoms with Crippen LogP contribution in [0.3, 0.4) is 0 Å². The quantitative estimate of drug-likeness (QED) is 0.222. The normalized spacial score (nSPS) is 12.2. The van der Waals surface area contributed by atoms with Crippen molar-refractivity contribution in [3.63, 3.8) is 0 Å². The Morgan fingerprint density at radius 3 is 0.949 bits per heavy atom. The molecule has 1 heterocycles. The second-order valence-corrected chi connectivity index (χ2v) is 7.84. The smallest absolute Gasteiger partial charge is 0.406 e. The molecule has 4 aromatic rings. The number of nitrogens with zero attached hydrogens (tertiary/aromatic N) is 1. The van der Waals surface area contributed by atoms with Crippen molar-refractivity contribution in [3.05, 3.63) is 84.9 Å². The standard InChI is InChI=1S/C26H14F9NO3/c27-24(28,29)37-19-7-1-15(2-8-19)18-13-22(16-3-9-20(10-4-16)38-25(30,31)32)36-23(14-18)17-5-11-21(12-6-17)39-26(33,34)35/h1-14H. The fraction of sp³-hybridized carbons (Fsp3) is 0.115. The molecule has 3 aromatic carbocycles. The largest absolute Gasteiger partial charge is 0.573 e. The van der Waals surface area contributed by atoms with Gasteiger partial charge in [-0.05, 0) is 83.9 Å². The van der Waals surface area contributed by atoms with Gasteiger partial charge in [0.25, 0.3) is 0 Å². The van der Waals surface area contributed by atoms with Crippen LogP contribution in [0.5, 0.6) is 17.2 Å². The molecule has 0 spiro atoms. The van der Waals surface area contributed by atoms with Gasteiger partial charge in [0.2, 0.25) is 0 Å². The first kappa shape index (κ1) is 27.6. The summed E-state index contributed by atoms with van der Waals surface area (Å²) in [6, 6.07) is 17.5. The molecule has 0 fully saturated rings. The maximum Gasteiger partial charge on any atom is 0.573 e. The monoisotopic (exact) mass is 559 g/mol. The Labute approximate surface area is 214 Å². The van der Waals surface area contributed by atoms with E-state index in [-0.39, 0.29) is 11.4 Å². The first-order valence-corrected chi connectivity index (χ1v) is 10.7. The predicted molar refractivity (Wildman–Crippen MR) is 121 cm³/mol. The van der Waals surface area contributed by atoms with Gasteiger partial charge in [0.05, 0.1) is 11.4 Å². The molecule has 39 heavy (non-hydrogen) atoms. The minimum absolute atomic E-state index is 0.257. The summed E-state index contributed by atoms with van der Waals surface area (Å²) >= 11 is 0. The number of aromatic nitrogens is 1. The molecular weight excluding hydrogens is 545 g/mol. The van der Waals surface area contributed by atoms with E-state index in [1.165, 1.54) is 36.4 Å². The van der Waals surface area contributed by atoms with Crippen molar-refractivity contribution in [1.29, 1.82) is 0 Å². The van der Waals surface area contributed by atoms with Gasteiger partial charge in [-0.3, -0.25) is 0 Å². The summed E-state index contributed by atoms with van der Waals surface area (Å²) in [5.41, 5.74) is 2.12. The summed E-state index contributed by atoms with van der Waals surface area (Å²) in [5, 5.41) is 0. The lowest BCUT2D eigenvalue weighted by molar-refractivity contribution is -0.275. The fourth-order valence-electron chi connectivity index (χ4n) is 3.50. The van der Waals surface area contributed by atoms with E-state index in [1.54, 1.807) is 12.1 Å². The van der Waals surface area contributed by atoms with Crippen LogP contribution in [0.15, 0.2) is 84.9 Å². The van der Waals surface area contributed by atoms with E-state index < -0.39 is 36.3 Å². The SMILES string of the molecule is FC(F)(F)Oc1ccc(-c2cc(-c3ccc(OC(F)(F)F)cc3)nc(-c3ccc(OC(F)(F)F)cc3)c2)cc1. The Morgan fingerprint density at radius 2 is 0.667 bits per heavy atom. The molecule has 0 atom stereocenters. The number of rotatable bonds is 6. The molecule has 0 N–H and O–H groups in total. The third kappa shape index (κ3) is 8.03. The molecule has 0 saturated carbocycles. The summed E-state index contributed by atoms with van der Waals surface area (Å²) in [4.78, 5) is 4.47. The second-order valence-electron chi connectivity index (χ2n) is 7.84. The van der Waals surface area contributed by atoms with Crippen LogP contribution >= 0.6 is 0 Å². The highest BCUT2D eigenvalue weighted by molar-refractivity contribution is 5.77. The number of pyridine rings is 1. The van der Waals surface area contributed by atoms with Gasteiger partial charge < -0.3 is 14.2 Å². The van der Waals surface area contributed by atoms with E-state index in [2.05, 4.69) is 19.2 Å². The minimum Gasteiger partial charge on any atom is -0.406 e. The van der Waals surface area contributed by atoms with Crippen molar-refractivity contribution in [2.45, 2.75) is 19.1 Å². The van der Waals surface area contributed by atoms with Gasteiger partial charge in [-0.15, -0.1) is 39.5 Å². The Balaban J connectivity index is 1.74. The van der Waals surface area contributed by atoms with Gasteiger partial charge in [0.1, 0.15) is 17.2 Å². The summed E-state index contributed by atoms with van der Waals surface area (Å²) in [6.45, 7) is 0. The first-order valence-electron chi connectivity index (χ1n) is 10.7. The first-order chi connectivity index (χ1) is 18.1. The van der Waals surface area contributed by atoms with Gasteiger partial charge >= 0.3 is 19.1 Å². The highest BCUT2D eigenvalue weighted by Crippen LogP contribution is 2.34. The molecule has 0 aliphatic rings. The summed E-state index contributed by atoms with van der Waals surface area (Å²) < 4.78 is 124. The summed E-state index contributed by atoms with van der Waals surface area (Å²) in [7, 11) is 0. The molecule has 0 unspecified atom stereocenters. The molecule has 0 amide bonds. The fourth-order valence-corrected chi connectivity index (χ4v) is 3.50. The van der Waals surface area contributed by atoms with Crippen LogP contribution < -0.4 is 14.2 Å². The average Bonchev–Trinajstić information content (AvgIpc) is 2.82. The van der Waals surface area contributed by atoms with Crippen molar-refractivity contribution in [2.75, 3.05) is 0 Å². The summed E-state index contributed by atoms with van der Waals surface area (Å²) in [6.07, 6.45) is -14.7. The third-order valence-electron chi connectivity index (χ3n) is 5.01. The molecule has 0 radical (unpaired) electrons. The Kier molecular flexibility index (Phi) is 7.35. The lowest BCUT2D eigenvalue weighted by Gasteiger charge is -2.13. The van der Waals surface area contributed by atoms with Crippen molar-refractivity contribution >= 4 is 0 Å². The van der Waals surface area contributed by atoms with Crippen LogP contribution in [0.1, 0.15) is 0 Å². The van der Waals surface area contributed by atoms with Gasteiger partial charge in [-0.25, -0.2) is 4.98 Å². The van der Waals surface area contributed by atoms with E-state index in [4.69, 9.17) is 0 Å². The van der Waals surface area contributed by atoms with E-state index in [1.807, 2.05) is 0 Å². The number of alkyl halides is 9. The molecule has 0 saturated heterocycles. The number of hydrogen-bond acceptors (Lipinski definition) is 4. The minimum atomic E-state index is -4.89. The number of hydrogen-bond donors (Lipinski definition) is 0. The maximum atomic E-state index is 12.5. The molecule has 4 nitrogen and oxygen atoms in total. The highest BCUT2D eigenvalue weighted by Gasteiger charge is 2.32. The molecule has 0 aliphatic heterocycles. The molecule has 0 aliphatic carbocycles. The van der Waals surface area contributed by atoms with Crippen LogP contribution in [-0.2, 0) is 0 Å². The molecular formula is C26H14F9NO3. The lowest BCUT2D eigenvalue weighted by atomic mass is 10.00. The van der Waals surface area contributed by atoms with E-state index in [0.29, 0.717) is 22.3 Å². The van der Waals surface area contributed by atoms with Crippen LogP contribution in [-0.4, -0.2) is 24.1 Å². The second kappa shape index (κ2) is 10.4. The summed E-state index contributed by atoms with van der Waals surface area (Å²) in [5.74, 6) is -1.40. The highest BCUT2D eigenvalue weighted by atomic mass is 19.4. The zero-order valence-corrected chi connectivity index (χ0v) is 19.2. The Hall–Kier alpha value is -4.42. The van der Waals surface area contributed by atoms with Crippen molar-refractivity contribution in [2.24, 2.45) is 0 Å². The molecule has 13 heteroatoms. The van der Waals surface area contributed by atoms with Gasteiger partial charge in [0.15, 0.2) is 0 Å². The number of halogens is 9. The van der Waals surface area contributed by atoms with Crippen molar-refractivity contribution < 1.29 is 53.7 Å². The zero-order chi connectivity index (χ0) is 28.4. The van der Waals surface area contributed by atoms with Crippen molar-refractivity contribution in [3.8, 4) is 50.9 Å². The van der Waals surface area contributed by atoms with Crippen LogP contribution in [0, 0.1) is 0 Å². The van der Waals surface area contributed by atoms with E-state index >= 15 is 0 Å². The topological polar surface area (TPSA) is 40.6 Å². The zero-order valence-electron chi connectivity index (χ0n) is 19.2. The molecule has 204 valence electrons. The molecule has 4 rings (SSSR count).